The monoisotopic (exact) mass is 310 g/mol. The molecule has 0 saturated carbocycles. The maximum atomic E-state index is 14.0. The van der Waals surface area contributed by atoms with E-state index >= 15 is 0 Å². The minimum atomic E-state index is -1.08. The number of nitrogens with zero attached hydrogens (tertiary/aromatic N) is 1. The molecule has 110 valence electrons. The second-order valence-corrected chi connectivity index (χ2v) is 5.05. The van der Waals surface area contributed by atoms with Gasteiger partial charge in [0.25, 0.3) is 0 Å². The Morgan fingerprint density at radius 3 is 2.48 bits per heavy atom. The predicted molar refractivity (Wildman–Crippen MR) is 80.8 cm³/mol. The molecule has 0 spiro atoms. The molecule has 0 aliphatic carbocycles. The third-order valence-electron chi connectivity index (χ3n) is 3.05. The molecule has 0 aliphatic heterocycles. The van der Waals surface area contributed by atoms with Crippen LogP contribution in [0.25, 0.3) is 0 Å². The SMILES string of the molecule is CN(Cc1cccc(F)c1)c1ccc(C(N)=S)c(F)c1F. The Labute approximate surface area is 126 Å². The van der Waals surface area contributed by atoms with Gasteiger partial charge in [0.2, 0.25) is 0 Å². The number of rotatable bonds is 4. The predicted octanol–water partition coefficient (Wildman–Crippen LogP) is 3.37. The van der Waals surface area contributed by atoms with Gasteiger partial charge >= 0.3 is 0 Å². The third-order valence-corrected chi connectivity index (χ3v) is 3.27. The summed E-state index contributed by atoms with van der Waals surface area (Å²) < 4.78 is 41.0. The van der Waals surface area contributed by atoms with E-state index in [4.69, 9.17) is 5.73 Å². The molecule has 0 heterocycles. The smallest absolute Gasteiger partial charge is 0.182 e. The van der Waals surface area contributed by atoms with Crippen molar-refractivity contribution in [3.63, 3.8) is 0 Å². The van der Waals surface area contributed by atoms with Gasteiger partial charge < -0.3 is 10.6 Å². The number of halogens is 3. The molecule has 2 aromatic rings. The van der Waals surface area contributed by atoms with E-state index in [2.05, 4.69) is 12.2 Å². The minimum Gasteiger partial charge on any atom is -0.389 e. The molecule has 0 aliphatic rings. The second-order valence-electron chi connectivity index (χ2n) is 4.61. The molecule has 6 heteroatoms. The van der Waals surface area contributed by atoms with Gasteiger partial charge in [-0.1, -0.05) is 24.4 Å². The van der Waals surface area contributed by atoms with Gasteiger partial charge in [-0.25, -0.2) is 13.2 Å². The van der Waals surface area contributed by atoms with Crippen molar-refractivity contribution in [1.29, 1.82) is 0 Å². The van der Waals surface area contributed by atoms with Crippen LogP contribution in [-0.4, -0.2) is 12.0 Å². The lowest BCUT2D eigenvalue weighted by Gasteiger charge is -2.21. The van der Waals surface area contributed by atoms with Crippen LogP contribution in [0.3, 0.4) is 0 Å². The first kappa shape index (κ1) is 15.3. The van der Waals surface area contributed by atoms with E-state index in [9.17, 15) is 13.2 Å². The summed E-state index contributed by atoms with van der Waals surface area (Å²) in [6, 6.07) is 8.65. The molecule has 0 bridgehead atoms. The topological polar surface area (TPSA) is 29.3 Å². The molecular weight excluding hydrogens is 297 g/mol. The number of hydrogen-bond donors (Lipinski definition) is 1. The summed E-state index contributed by atoms with van der Waals surface area (Å²) in [6.07, 6.45) is 0. The van der Waals surface area contributed by atoms with Crippen molar-refractivity contribution >= 4 is 22.9 Å². The van der Waals surface area contributed by atoms with Crippen LogP contribution in [0.4, 0.5) is 18.9 Å². The fraction of sp³-hybridized carbons (Fsp3) is 0.133. The fourth-order valence-electron chi connectivity index (χ4n) is 2.02. The molecule has 21 heavy (non-hydrogen) atoms. The largest absolute Gasteiger partial charge is 0.389 e. The maximum absolute atomic E-state index is 14.0. The van der Waals surface area contributed by atoms with Crippen molar-refractivity contribution in [1.82, 2.24) is 0 Å². The van der Waals surface area contributed by atoms with Crippen LogP contribution in [0.2, 0.25) is 0 Å². The lowest BCUT2D eigenvalue weighted by Crippen LogP contribution is -2.20. The van der Waals surface area contributed by atoms with E-state index in [1.807, 2.05) is 0 Å². The number of benzene rings is 2. The van der Waals surface area contributed by atoms with Crippen LogP contribution < -0.4 is 10.6 Å². The van der Waals surface area contributed by atoms with Crippen LogP contribution in [0.5, 0.6) is 0 Å². The number of anilines is 1. The van der Waals surface area contributed by atoms with E-state index in [0.29, 0.717) is 5.56 Å². The molecule has 0 radical (unpaired) electrons. The molecule has 0 atom stereocenters. The van der Waals surface area contributed by atoms with Gasteiger partial charge in [0.05, 0.1) is 5.69 Å². The lowest BCUT2D eigenvalue weighted by atomic mass is 10.1. The number of hydrogen-bond acceptors (Lipinski definition) is 2. The van der Waals surface area contributed by atoms with Gasteiger partial charge in [-0.2, -0.15) is 0 Å². The Kier molecular flexibility index (Phi) is 4.47. The Morgan fingerprint density at radius 2 is 1.86 bits per heavy atom. The Morgan fingerprint density at radius 1 is 1.14 bits per heavy atom. The summed E-state index contributed by atoms with van der Waals surface area (Å²) in [5, 5.41) is 0. The van der Waals surface area contributed by atoms with E-state index < -0.39 is 11.6 Å². The third kappa shape index (κ3) is 3.33. The van der Waals surface area contributed by atoms with E-state index in [-0.39, 0.29) is 28.6 Å². The van der Waals surface area contributed by atoms with Crippen LogP contribution in [0.1, 0.15) is 11.1 Å². The van der Waals surface area contributed by atoms with E-state index in [1.54, 1.807) is 19.2 Å². The highest BCUT2D eigenvalue weighted by Crippen LogP contribution is 2.24. The first-order valence-electron chi connectivity index (χ1n) is 6.13. The molecule has 0 unspecified atom stereocenters. The average Bonchev–Trinajstić information content (AvgIpc) is 2.41. The molecule has 2 N–H and O–H groups in total. The summed E-state index contributed by atoms with van der Waals surface area (Å²) in [5.41, 5.74) is 5.89. The molecule has 0 saturated heterocycles. The second kappa shape index (κ2) is 6.13. The standard InChI is InChI=1S/C15H13F3N2S/c1-20(8-9-3-2-4-10(16)7-9)12-6-5-11(15(19)21)13(17)14(12)18/h2-7H,8H2,1H3,(H2,19,21). The summed E-state index contributed by atoms with van der Waals surface area (Å²) in [7, 11) is 1.59. The van der Waals surface area contributed by atoms with E-state index in [1.165, 1.54) is 29.2 Å². The number of nitrogens with two attached hydrogens (primary N) is 1. The first-order valence-corrected chi connectivity index (χ1v) is 6.54. The van der Waals surface area contributed by atoms with Crippen molar-refractivity contribution in [2.45, 2.75) is 6.54 Å². The van der Waals surface area contributed by atoms with Crippen LogP contribution in [-0.2, 0) is 6.54 Å². The maximum Gasteiger partial charge on any atom is 0.182 e. The summed E-state index contributed by atoms with van der Waals surface area (Å²) in [4.78, 5) is 1.28. The van der Waals surface area contributed by atoms with Crippen LogP contribution in [0, 0.1) is 17.5 Å². The van der Waals surface area contributed by atoms with Gasteiger partial charge in [0.1, 0.15) is 10.8 Å². The first-order chi connectivity index (χ1) is 9.90. The Bertz CT molecular complexity index is 689. The molecule has 2 aromatic carbocycles. The van der Waals surface area contributed by atoms with Crippen LogP contribution >= 0.6 is 12.2 Å². The highest BCUT2D eigenvalue weighted by molar-refractivity contribution is 7.80. The Balaban J connectivity index is 2.29. The zero-order valence-corrected chi connectivity index (χ0v) is 12.1. The van der Waals surface area contributed by atoms with Crippen molar-refractivity contribution in [3.05, 3.63) is 65.0 Å². The molecule has 0 fully saturated rings. The zero-order valence-electron chi connectivity index (χ0n) is 11.2. The van der Waals surface area contributed by atoms with Gasteiger partial charge in [-0.3, -0.25) is 0 Å². The highest BCUT2D eigenvalue weighted by Gasteiger charge is 2.17. The molecular formula is C15H13F3N2S. The summed E-state index contributed by atoms with van der Waals surface area (Å²) >= 11 is 4.65. The van der Waals surface area contributed by atoms with Crippen LogP contribution in [0.15, 0.2) is 36.4 Å². The molecule has 2 nitrogen and oxygen atoms in total. The normalized spacial score (nSPS) is 10.5. The lowest BCUT2D eigenvalue weighted by molar-refractivity contribution is 0.506. The summed E-state index contributed by atoms with van der Waals surface area (Å²) in [6.45, 7) is 0.237. The van der Waals surface area contributed by atoms with Crippen molar-refractivity contribution < 1.29 is 13.2 Å². The number of thiocarbonyl (C=S) groups is 1. The van der Waals surface area contributed by atoms with Gasteiger partial charge in [-0.05, 0) is 29.8 Å². The van der Waals surface area contributed by atoms with Crippen molar-refractivity contribution in [2.75, 3.05) is 11.9 Å². The van der Waals surface area contributed by atoms with E-state index in [0.717, 1.165) is 0 Å². The highest BCUT2D eigenvalue weighted by atomic mass is 32.1. The minimum absolute atomic E-state index is 0.0526. The quantitative estimate of drug-likeness (QED) is 0.878. The molecule has 0 aromatic heterocycles. The molecule has 2 rings (SSSR count). The van der Waals surface area contributed by atoms with Gasteiger partial charge in [-0.15, -0.1) is 0 Å². The zero-order chi connectivity index (χ0) is 15.6. The van der Waals surface area contributed by atoms with Crippen molar-refractivity contribution in [2.24, 2.45) is 5.73 Å². The molecule has 0 amide bonds. The Hall–Kier alpha value is -2.08. The van der Waals surface area contributed by atoms with Gasteiger partial charge in [0.15, 0.2) is 11.6 Å². The average molecular weight is 310 g/mol. The van der Waals surface area contributed by atoms with Gasteiger partial charge in [0, 0.05) is 19.2 Å². The summed E-state index contributed by atoms with van der Waals surface area (Å²) in [5.74, 6) is -2.48. The van der Waals surface area contributed by atoms with Crippen molar-refractivity contribution in [3.8, 4) is 0 Å². The fourth-order valence-corrected chi connectivity index (χ4v) is 2.18.